The lowest BCUT2D eigenvalue weighted by atomic mass is 9.90. The van der Waals surface area contributed by atoms with Gasteiger partial charge in [0.25, 0.3) is 5.91 Å². The van der Waals surface area contributed by atoms with Crippen LogP contribution >= 0.6 is 0 Å². The molecule has 1 fully saturated rings. The zero-order valence-corrected chi connectivity index (χ0v) is 28.1. The predicted octanol–water partition coefficient (Wildman–Crippen LogP) is 9.16. The summed E-state index contributed by atoms with van der Waals surface area (Å²) in [6.07, 6.45) is 7.64. The third kappa shape index (κ3) is 11.7. The summed E-state index contributed by atoms with van der Waals surface area (Å²) in [4.78, 5) is 17.9. The molecule has 2 aromatic rings. The first kappa shape index (κ1) is 37.0. The van der Waals surface area contributed by atoms with Crippen LogP contribution in [-0.4, -0.2) is 35.2 Å². The van der Waals surface area contributed by atoms with E-state index in [1.54, 1.807) is 55.3 Å². The molecule has 1 aliphatic carbocycles. The second-order valence-corrected chi connectivity index (χ2v) is 12.4. The fourth-order valence-electron chi connectivity index (χ4n) is 4.38. The lowest BCUT2D eigenvalue weighted by molar-refractivity contribution is -0.125. The number of carbonyl (C=O) groups is 1. The zero-order valence-electron chi connectivity index (χ0n) is 28.1. The molecule has 1 aliphatic rings. The van der Waals surface area contributed by atoms with Crippen LogP contribution in [0.5, 0.6) is 0 Å². The largest absolute Gasteiger partial charge is 0.386 e. The number of aryl methyl sites for hydroxylation is 3. The van der Waals surface area contributed by atoms with Crippen LogP contribution in [0.4, 0.5) is 4.39 Å². The molecule has 0 heterocycles. The van der Waals surface area contributed by atoms with E-state index in [1.165, 1.54) is 37.3 Å². The number of likely N-dealkylation sites (N-methyl/N-ethyl adjacent to an activating group) is 1. The Hall–Kier alpha value is -3.05. The molecular formula is C37H55FN2O2. The van der Waals surface area contributed by atoms with Crippen molar-refractivity contribution in [2.24, 2.45) is 4.99 Å². The minimum absolute atomic E-state index is 0.0145. The molecule has 232 valence electrons. The van der Waals surface area contributed by atoms with Crippen molar-refractivity contribution in [2.45, 2.75) is 112 Å². The van der Waals surface area contributed by atoms with Crippen molar-refractivity contribution in [3.8, 4) is 0 Å². The Kier molecular flexibility index (Phi) is 14.6. The quantitative estimate of drug-likeness (QED) is 0.183. The summed E-state index contributed by atoms with van der Waals surface area (Å²) in [5, 5.41) is 9.55. The molecule has 0 atom stereocenters. The van der Waals surface area contributed by atoms with Crippen LogP contribution in [0.1, 0.15) is 109 Å². The van der Waals surface area contributed by atoms with Gasteiger partial charge in [0.05, 0.1) is 11.2 Å². The number of aliphatic hydroxyl groups is 1. The monoisotopic (exact) mass is 578 g/mol. The van der Waals surface area contributed by atoms with Crippen LogP contribution < -0.4 is 0 Å². The van der Waals surface area contributed by atoms with E-state index in [-0.39, 0.29) is 11.7 Å². The first-order chi connectivity index (χ1) is 19.5. The standard InChI is InChI=1S/C14H20.C13H22N2O.C10H13FO/c1-4-5-12-10-11(2)6-7-13(12)14(3)8-9-14;1-7-11(5)12(9-14-10(3)4)13(16)15(6)8-2;1-7-4-5-9(11)8(6-7)10(2,3)12/h6-7,10H,4-5,8-9H2,1-3H3;9H,5,7-8H2,1-4,6H3;4-6,12H,1-3H3/b;12-9+;. The lowest BCUT2D eigenvalue weighted by Gasteiger charge is -2.18. The number of rotatable bonds is 9. The topological polar surface area (TPSA) is 52.9 Å². The Balaban J connectivity index is 0.000000318. The van der Waals surface area contributed by atoms with E-state index in [0.717, 1.165) is 23.3 Å². The van der Waals surface area contributed by atoms with Gasteiger partial charge >= 0.3 is 0 Å². The normalized spacial score (nSPS) is 13.6. The average Bonchev–Trinajstić information content (AvgIpc) is 3.67. The first-order valence-electron chi connectivity index (χ1n) is 15.2. The fraction of sp³-hybridized carbons (Fsp3) is 0.514. The van der Waals surface area contributed by atoms with Gasteiger partial charge in [-0.2, -0.15) is 0 Å². The summed E-state index contributed by atoms with van der Waals surface area (Å²) in [5.74, 6) is -0.368. The van der Waals surface area contributed by atoms with Gasteiger partial charge in [-0.1, -0.05) is 75.2 Å². The first-order valence-corrected chi connectivity index (χ1v) is 15.2. The Morgan fingerprint density at radius 3 is 2.12 bits per heavy atom. The fourth-order valence-corrected chi connectivity index (χ4v) is 4.38. The summed E-state index contributed by atoms with van der Waals surface area (Å²) in [7, 11) is 1.78. The molecule has 5 heteroatoms. The van der Waals surface area contributed by atoms with Crippen molar-refractivity contribution in [3.05, 3.63) is 94.0 Å². The van der Waals surface area contributed by atoms with E-state index >= 15 is 0 Å². The molecule has 1 N–H and O–H groups in total. The number of amides is 1. The summed E-state index contributed by atoms with van der Waals surface area (Å²) in [6, 6.07) is 11.7. The third-order valence-electron chi connectivity index (χ3n) is 7.52. The molecule has 3 rings (SSSR count). The second-order valence-electron chi connectivity index (χ2n) is 12.4. The van der Waals surface area contributed by atoms with Crippen molar-refractivity contribution >= 4 is 11.6 Å². The third-order valence-corrected chi connectivity index (χ3v) is 7.52. The average molecular weight is 579 g/mol. The van der Waals surface area contributed by atoms with E-state index < -0.39 is 5.60 Å². The summed E-state index contributed by atoms with van der Waals surface area (Å²) in [5.41, 5.74) is 7.69. The number of benzene rings is 2. The molecule has 42 heavy (non-hydrogen) atoms. The maximum absolute atomic E-state index is 13.1. The van der Waals surface area contributed by atoms with Crippen molar-refractivity contribution in [1.82, 2.24) is 4.90 Å². The molecule has 2 aromatic carbocycles. The molecule has 0 saturated heterocycles. The lowest BCUT2D eigenvalue weighted by Crippen LogP contribution is -2.28. The molecule has 0 aromatic heterocycles. The molecule has 1 saturated carbocycles. The smallest absolute Gasteiger partial charge is 0.255 e. The highest BCUT2D eigenvalue weighted by molar-refractivity contribution is 5.97. The van der Waals surface area contributed by atoms with Crippen LogP contribution in [0.2, 0.25) is 0 Å². The van der Waals surface area contributed by atoms with E-state index in [9.17, 15) is 14.3 Å². The minimum Gasteiger partial charge on any atom is -0.386 e. The van der Waals surface area contributed by atoms with E-state index in [2.05, 4.69) is 50.5 Å². The molecule has 4 nitrogen and oxygen atoms in total. The number of carbonyl (C=O) groups excluding carboxylic acids is 1. The number of nitrogens with zero attached hydrogens (tertiary/aromatic N) is 2. The van der Waals surface area contributed by atoms with Crippen molar-refractivity contribution in [2.75, 3.05) is 13.6 Å². The maximum Gasteiger partial charge on any atom is 0.255 e. The van der Waals surface area contributed by atoms with Gasteiger partial charge in [-0.3, -0.25) is 9.79 Å². The number of hydrogen-bond acceptors (Lipinski definition) is 3. The van der Waals surface area contributed by atoms with Gasteiger partial charge in [0, 0.05) is 31.1 Å². The molecule has 0 aliphatic heterocycles. The van der Waals surface area contributed by atoms with Crippen molar-refractivity contribution < 1.29 is 14.3 Å². The molecule has 0 radical (unpaired) electrons. The number of halogens is 1. The van der Waals surface area contributed by atoms with Crippen LogP contribution in [-0.2, 0) is 22.2 Å². The maximum atomic E-state index is 13.1. The second kappa shape index (κ2) is 16.6. The Bertz CT molecular complexity index is 1260. The molecule has 1 amide bonds. The highest BCUT2D eigenvalue weighted by Gasteiger charge is 2.40. The Morgan fingerprint density at radius 2 is 1.67 bits per heavy atom. The van der Waals surface area contributed by atoms with Crippen LogP contribution in [0.25, 0.3) is 0 Å². The molecular weight excluding hydrogens is 523 g/mol. The minimum atomic E-state index is -1.10. The zero-order chi connectivity index (χ0) is 32.3. The van der Waals surface area contributed by atoms with Gasteiger partial charge in [-0.25, -0.2) is 4.39 Å². The van der Waals surface area contributed by atoms with Gasteiger partial charge in [0.1, 0.15) is 5.82 Å². The summed E-state index contributed by atoms with van der Waals surface area (Å²) < 4.78 is 13.1. The summed E-state index contributed by atoms with van der Waals surface area (Å²) in [6.45, 7) is 24.2. The SMILES string of the molecule is C=C(CC)/C(=C\N=C(C)C)C(=O)N(C)CC.CCCc1cc(C)ccc1C1(C)CC1.Cc1ccc(F)c(C(C)(C)O)c1. The Labute approximate surface area is 255 Å². The van der Waals surface area contributed by atoms with Gasteiger partial charge in [0.15, 0.2) is 0 Å². The molecule has 0 unspecified atom stereocenters. The molecule has 0 spiro atoms. The van der Waals surface area contributed by atoms with Gasteiger partial charge in [-0.15, -0.1) is 0 Å². The highest BCUT2D eigenvalue weighted by atomic mass is 19.1. The van der Waals surface area contributed by atoms with Gasteiger partial charge in [0.2, 0.25) is 0 Å². The van der Waals surface area contributed by atoms with Crippen LogP contribution in [0, 0.1) is 19.7 Å². The van der Waals surface area contributed by atoms with E-state index in [4.69, 9.17) is 0 Å². The van der Waals surface area contributed by atoms with Crippen molar-refractivity contribution in [3.63, 3.8) is 0 Å². The highest BCUT2D eigenvalue weighted by Crippen LogP contribution is 2.49. The number of aliphatic imine (C=N–C) groups is 1. The molecule has 0 bridgehead atoms. The van der Waals surface area contributed by atoms with E-state index in [0.29, 0.717) is 23.1 Å². The number of hydrogen-bond donors (Lipinski definition) is 1. The van der Waals surface area contributed by atoms with Crippen LogP contribution in [0.3, 0.4) is 0 Å². The van der Waals surface area contributed by atoms with E-state index in [1.807, 2.05) is 34.6 Å². The Morgan fingerprint density at radius 1 is 1.10 bits per heavy atom. The predicted molar refractivity (Wildman–Crippen MR) is 178 cm³/mol. The van der Waals surface area contributed by atoms with Crippen LogP contribution in [0.15, 0.2) is 65.3 Å². The van der Waals surface area contributed by atoms with Crippen molar-refractivity contribution in [1.29, 1.82) is 0 Å². The van der Waals surface area contributed by atoms with Gasteiger partial charge < -0.3 is 10.0 Å². The summed E-state index contributed by atoms with van der Waals surface area (Å²) >= 11 is 0. The van der Waals surface area contributed by atoms with Gasteiger partial charge in [-0.05, 0) is 102 Å².